The molecule has 3 rings (SSSR count). The van der Waals surface area contributed by atoms with Gasteiger partial charge in [-0.3, -0.25) is 0 Å². The number of hydrogen-bond donors (Lipinski definition) is 1. The molecule has 1 aromatic heterocycles. The monoisotopic (exact) mass is 261 g/mol. The number of nitrogen functional groups attached to an aromatic ring is 1. The molecule has 1 aliphatic rings. The fraction of sp³-hybridized carbons (Fsp3) is 0.250. The first-order chi connectivity index (χ1) is 8.72. The summed E-state index contributed by atoms with van der Waals surface area (Å²) in [5.74, 6) is 0.700. The van der Waals surface area contributed by atoms with Gasteiger partial charge in [0.25, 0.3) is 0 Å². The van der Waals surface area contributed by atoms with Gasteiger partial charge in [0.15, 0.2) is 0 Å². The van der Waals surface area contributed by atoms with Gasteiger partial charge >= 0.3 is 0 Å². The third-order valence-electron chi connectivity index (χ3n) is 3.03. The summed E-state index contributed by atoms with van der Waals surface area (Å²) in [5, 5.41) is 0.136. The summed E-state index contributed by atoms with van der Waals surface area (Å²) in [6, 6.07) is 8.37. The zero-order valence-electron chi connectivity index (χ0n) is 9.67. The van der Waals surface area contributed by atoms with Gasteiger partial charge in [-0.25, -0.2) is 0 Å². The predicted octanol–water partition coefficient (Wildman–Crippen LogP) is 1.67. The molecule has 0 amide bonds. The zero-order chi connectivity index (χ0) is 12.5. The van der Waals surface area contributed by atoms with E-state index in [1.165, 1.54) is 11.1 Å². The molecule has 18 heavy (non-hydrogen) atoms. The van der Waals surface area contributed by atoms with E-state index < -0.39 is 0 Å². The second kappa shape index (κ2) is 4.42. The maximum absolute atomic E-state index is 5.80. The van der Waals surface area contributed by atoms with Gasteiger partial charge in [-0.05, 0) is 29.1 Å². The Labute approximate surface area is 110 Å². The van der Waals surface area contributed by atoms with Crippen LogP contribution in [0.15, 0.2) is 24.3 Å². The summed E-state index contributed by atoms with van der Waals surface area (Å²) in [6.45, 7) is 1.63. The van der Waals surface area contributed by atoms with Gasteiger partial charge in [0.1, 0.15) is 0 Å². The lowest BCUT2D eigenvalue weighted by molar-refractivity contribution is 0.705. The van der Waals surface area contributed by atoms with Crippen molar-refractivity contribution in [3.63, 3.8) is 0 Å². The molecule has 2 aromatic rings. The fourth-order valence-electron chi connectivity index (χ4n) is 2.16. The maximum atomic E-state index is 5.80. The Kier molecular flexibility index (Phi) is 2.76. The van der Waals surface area contributed by atoms with E-state index in [-0.39, 0.29) is 11.2 Å². The van der Waals surface area contributed by atoms with Crippen LogP contribution in [0.5, 0.6) is 0 Å². The number of halogens is 1. The number of benzene rings is 1. The molecule has 0 radical (unpaired) electrons. The first-order valence-corrected chi connectivity index (χ1v) is 6.09. The topological polar surface area (TPSA) is 67.9 Å². The first kappa shape index (κ1) is 11.2. The normalized spacial score (nSPS) is 14.4. The van der Waals surface area contributed by atoms with Crippen molar-refractivity contribution in [3.8, 4) is 0 Å². The second-order valence-corrected chi connectivity index (χ2v) is 4.54. The standard InChI is InChI=1S/C12H12ClN5/c13-10-15-11(14)17-12(16-10)18-6-5-8-3-1-2-4-9(8)7-18/h1-4H,5-7H2,(H2,14,15,16,17). The van der Waals surface area contributed by atoms with Crippen LogP contribution in [0.4, 0.5) is 11.9 Å². The molecule has 0 saturated carbocycles. The van der Waals surface area contributed by atoms with Crippen molar-refractivity contribution in [2.24, 2.45) is 0 Å². The minimum Gasteiger partial charge on any atom is -0.368 e. The van der Waals surface area contributed by atoms with Gasteiger partial charge < -0.3 is 10.6 Å². The molecule has 92 valence electrons. The lowest BCUT2D eigenvalue weighted by atomic mass is 10.0. The van der Waals surface area contributed by atoms with Crippen LogP contribution in [0.2, 0.25) is 5.28 Å². The molecule has 2 heterocycles. The third-order valence-corrected chi connectivity index (χ3v) is 3.20. The Bertz CT molecular complexity index is 566. The van der Waals surface area contributed by atoms with Crippen LogP contribution in [0.25, 0.3) is 0 Å². The summed E-state index contributed by atoms with van der Waals surface area (Å²) < 4.78 is 0. The molecule has 0 bridgehead atoms. The van der Waals surface area contributed by atoms with Crippen LogP contribution in [0.3, 0.4) is 0 Å². The van der Waals surface area contributed by atoms with Crippen molar-refractivity contribution >= 4 is 23.5 Å². The average Bonchev–Trinajstić information content (AvgIpc) is 2.37. The van der Waals surface area contributed by atoms with E-state index in [1.54, 1.807) is 0 Å². The van der Waals surface area contributed by atoms with Gasteiger partial charge in [-0.2, -0.15) is 15.0 Å². The van der Waals surface area contributed by atoms with Crippen molar-refractivity contribution in [1.29, 1.82) is 0 Å². The number of aromatic nitrogens is 3. The van der Waals surface area contributed by atoms with E-state index >= 15 is 0 Å². The maximum Gasteiger partial charge on any atom is 0.231 e. The average molecular weight is 262 g/mol. The van der Waals surface area contributed by atoms with Crippen LogP contribution < -0.4 is 10.6 Å². The highest BCUT2D eigenvalue weighted by Gasteiger charge is 2.18. The third kappa shape index (κ3) is 2.09. The van der Waals surface area contributed by atoms with Crippen LogP contribution in [0.1, 0.15) is 11.1 Å². The highest BCUT2D eigenvalue weighted by Crippen LogP contribution is 2.22. The SMILES string of the molecule is Nc1nc(Cl)nc(N2CCc3ccccc3C2)n1. The number of rotatable bonds is 1. The summed E-state index contributed by atoms with van der Waals surface area (Å²) in [4.78, 5) is 14.1. The smallest absolute Gasteiger partial charge is 0.231 e. The Balaban J connectivity index is 1.91. The number of fused-ring (bicyclic) bond motifs is 1. The summed E-state index contributed by atoms with van der Waals surface area (Å²) >= 11 is 5.80. The minimum absolute atomic E-state index is 0.136. The number of nitrogens with two attached hydrogens (primary N) is 1. The number of anilines is 2. The van der Waals surface area contributed by atoms with Gasteiger partial charge in [0.2, 0.25) is 17.2 Å². The fourth-order valence-corrected chi connectivity index (χ4v) is 2.32. The van der Waals surface area contributed by atoms with Crippen LogP contribution in [-0.2, 0) is 13.0 Å². The van der Waals surface area contributed by atoms with Crippen molar-refractivity contribution in [1.82, 2.24) is 15.0 Å². The van der Waals surface area contributed by atoms with E-state index in [4.69, 9.17) is 17.3 Å². The lowest BCUT2D eigenvalue weighted by Crippen LogP contribution is -2.32. The highest BCUT2D eigenvalue weighted by molar-refractivity contribution is 6.28. The molecule has 5 nitrogen and oxygen atoms in total. The number of nitrogens with zero attached hydrogens (tertiary/aromatic N) is 4. The van der Waals surface area contributed by atoms with Gasteiger partial charge in [0, 0.05) is 13.1 Å². The van der Waals surface area contributed by atoms with Crippen molar-refractivity contribution in [2.45, 2.75) is 13.0 Å². The minimum atomic E-state index is 0.136. The Hall–Kier alpha value is -1.88. The van der Waals surface area contributed by atoms with Crippen LogP contribution >= 0.6 is 11.6 Å². The quantitative estimate of drug-likeness (QED) is 0.846. The molecule has 1 aromatic carbocycles. The largest absolute Gasteiger partial charge is 0.368 e. The molecule has 6 heteroatoms. The lowest BCUT2D eigenvalue weighted by Gasteiger charge is -2.28. The molecular weight excluding hydrogens is 250 g/mol. The highest BCUT2D eigenvalue weighted by atomic mass is 35.5. The Morgan fingerprint density at radius 3 is 2.67 bits per heavy atom. The molecule has 1 aliphatic heterocycles. The molecule has 0 fully saturated rings. The van der Waals surface area contributed by atoms with Gasteiger partial charge in [0.05, 0.1) is 0 Å². The molecule has 0 atom stereocenters. The van der Waals surface area contributed by atoms with E-state index in [0.717, 1.165) is 19.5 Å². The summed E-state index contributed by atoms with van der Waals surface area (Å²) in [6.07, 6.45) is 0.972. The summed E-state index contributed by atoms with van der Waals surface area (Å²) in [7, 11) is 0. The predicted molar refractivity (Wildman–Crippen MR) is 70.4 cm³/mol. The molecular formula is C12H12ClN5. The zero-order valence-corrected chi connectivity index (χ0v) is 10.4. The van der Waals surface area contributed by atoms with Crippen LogP contribution in [0, 0.1) is 0 Å². The first-order valence-electron chi connectivity index (χ1n) is 5.71. The van der Waals surface area contributed by atoms with E-state index in [0.29, 0.717) is 5.95 Å². The Morgan fingerprint density at radius 1 is 1.11 bits per heavy atom. The Morgan fingerprint density at radius 2 is 1.89 bits per heavy atom. The van der Waals surface area contributed by atoms with Crippen LogP contribution in [-0.4, -0.2) is 21.5 Å². The van der Waals surface area contributed by atoms with E-state index in [1.807, 2.05) is 6.07 Å². The molecule has 0 unspecified atom stereocenters. The van der Waals surface area contributed by atoms with Gasteiger partial charge in [-0.15, -0.1) is 0 Å². The van der Waals surface area contributed by atoms with E-state index in [9.17, 15) is 0 Å². The molecule has 0 saturated heterocycles. The molecule has 0 spiro atoms. The molecule has 0 aliphatic carbocycles. The number of hydrogen-bond acceptors (Lipinski definition) is 5. The van der Waals surface area contributed by atoms with E-state index in [2.05, 4.69) is 38.1 Å². The van der Waals surface area contributed by atoms with Crippen molar-refractivity contribution in [3.05, 3.63) is 40.7 Å². The summed E-state index contributed by atoms with van der Waals surface area (Å²) in [5.41, 5.74) is 8.25. The van der Waals surface area contributed by atoms with Gasteiger partial charge in [-0.1, -0.05) is 24.3 Å². The second-order valence-electron chi connectivity index (χ2n) is 4.20. The van der Waals surface area contributed by atoms with Crippen molar-refractivity contribution < 1.29 is 0 Å². The van der Waals surface area contributed by atoms with Crippen molar-refractivity contribution in [2.75, 3.05) is 17.2 Å². The molecule has 2 N–H and O–H groups in total.